The summed E-state index contributed by atoms with van der Waals surface area (Å²) in [5.41, 5.74) is 6.52. The van der Waals surface area contributed by atoms with E-state index in [0.717, 1.165) is 12.8 Å². The molecule has 2 saturated heterocycles. The fourth-order valence-electron chi connectivity index (χ4n) is 7.11. The van der Waals surface area contributed by atoms with Gasteiger partial charge in [0.25, 0.3) is 0 Å². The summed E-state index contributed by atoms with van der Waals surface area (Å²) in [7, 11) is 3.31. The maximum atomic E-state index is 17.1. The smallest absolute Gasteiger partial charge is 0.319 e. The zero-order valence-corrected chi connectivity index (χ0v) is 29.5. The van der Waals surface area contributed by atoms with Crippen molar-refractivity contribution < 1.29 is 36.9 Å². The van der Waals surface area contributed by atoms with Crippen molar-refractivity contribution in [2.75, 3.05) is 58.7 Å². The van der Waals surface area contributed by atoms with Gasteiger partial charge in [-0.15, -0.1) is 0 Å². The molecule has 4 heterocycles. The largest absolute Gasteiger partial charge is 0.468 e. The number of carbonyl (C=O) groups is 1. The van der Waals surface area contributed by atoms with E-state index in [1.807, 2.05) is 23.8 Å². The number of anilines is 1. The zero-order chi connectivity index (χ0) is 36.3. The summed E-state index contributed by atoms with van der Waals surface area (Å²) in [4.78, 5) is 29.8. The van der Waals surface area contributed by atoms with Gasteiger partial charge >= 0.3 is 12.0 Å². The van der Waals surface area contributed by atoms with Crippen molar-refractivity contribution >= 4 is 33.5 Å². The second-order valence-electron chi connectivity index (χ2n) is 13.7. The fraction of sp³-hybridized carbons (Fsp3) is 0.514. The van der Waals surface area contributed by atoms with Gasteiger partial charge in [0.05, 0.1) is 12.0 Å². The lowest BCUT2D eigenvalue weighted by atomic mass is 9.92. The van der Waals surface area contributed by atoms with Crippen molar-refractivity contribution in [1.82, 2.24) is 19.9 Å². The van der Waals surface area contributed by atoms with E-state index in [1.165, 1.54) is 19.4 Å². The molecule has 51 heavy (non-hydrogen) atoms. The summed E-state index contributed by atoms with van der Waals surface area (Å²) in [5, 5.41) is 1.38. The predicted molar refractivity (Wildman–Crippen MR) is 188 cm³/mol. The maximum Gasteiger partial charge on any atom is 0.319 e. The lowest BCUT2D eigenvalue weighted by Gasteiger charge is -2.38. The van der Waals surface area contributed by atoms with Gasteiger partial charge in [0.2, 0.25) is 0 Å². The number of piperidine rings is 1. The molecule has 0 unspecified atom stereocenters. The van der Waals surface area contributed by atoms with Crippen molar-refractivity contribution in [3.05, 3.63) is 47.7 Å². The van der Waals surface area contributed by atoms with E-state index in [1.54, 1.807) is 25.1 Å². The van der Waals surface area contributed by atoms with Crippen LogP contribution in [-0.4, -0.2) is 97.4 Å². The van der Waals surface area contributed by atoms with Gasteiger partial charge in [0, 0.05) is 56.5 Å². The molecular formula is C37H45F3N6O5. The lowest BCUT2D eigenvalue weighted by Crippen LogP contribution is -2.52. The average Bonchev–Trinajstić information content (AvgIpc) is 3.42. The number of hydrogen-bond acceptors (Lipinski definition) is 11. The Morgan fingerprint density at radius 2 is 2.00 bits per heavy atom. The summed E-state index contributed by atoms with van der Waals surface area (Å²) >= 11 is 0. The number of likely N-dealkylation sites (tertiary alicyclic amines) is 1. The highest BCUT2D eigenvalue weighted by atomic mass is 19.1. The molecule has 0 aliphatic carbocycles. The van der Waals surface area contributed by atoms with Gasteiger partial charge in [-0.2, -0.15) is 9.97 Å². The Hall–Kier alpha value is -4.27. The first-order chi connectivity index (χ1) is 24.5. The van der Waals surface area contributed by atoms with Gasteiger partial charge in [-0.3, -0.25) is 14.7 Å². The Bertz CT molecular complexity index is 1900. The number of pyridine rings is 1. The number of methoxy groups -OCH3 is 1. The third kappa shape index (κ3) is 8.13. The molecule has 274 valence electrons. The SMILES string of the molecule is CCOC(=O)CCCc1c(F)ccc2cc(OCOC)cc(-c3ncc4c(N5CCC[C@@](C)(N)C5)nc(OC[C@@H]5C[C@@H](F)CN5C)nc4c3F)c12. The molecule has 3 atom stereocenters. The first-order valence-electron chi connectivity index (χ1n) is 17.4. The fourth-order valence-corrected chi connectivity index (χ4v) is 7.11. The number of nitrogens with two attached hydrogens (primary N) is 1. The first kappa shape index (κ1) is 36.5. The van der Waals surface area contributed by atoms with Gasteiger partial charge in [0.15, 0.2) is 12.6 Å². The molecule has 14 heteroatoms. The van der Waals surface area contributed by atoms with Gasteiger partial charge in [0.1, 0.15) is 41.4 Å². The van der Waals surface area contributed by atoms with Crippen LogP contribution in [0.2, 0.25) is 0 Å². The van der Waals surface area contributed by atoms with E-state index in [4.69, 9.17) is 29.7 Å². The number of fused-ring (bicyclic) bond motifs is 2. The van der Waals surface area contributed by atoms with Crippen molar-refractivity contribution in [2.45, 2.75) is 70.1 Å². The first-order valence-corrected chi connectivity index (χ1v) is 17.4. The normalized spacial score (nSPS) is 21.1. The molecule has 2 aromatic carbocycles. The van der Waals surface area contributed by atoms with E-state index in [9.17, 15) is 9.18 Å². The second-order valence-corrected chi connectivity index (χ2v) is 13.7. The Morgan fingerprint density at radius 1 is 1.18 bits per heavy atom. The molecule has 0 spiro atoms. The standard InChI is InChI=1S/C37H45F3N6O5/c1-5-49-30(47)9-6-8-26-29(39)11-10-22-14-25(51-21-48-4)16-27(31(22)26)33-32(40)34-28(17-42-33)35(46-13-7-12-37(2,41)20-46)44-36(43-34)50-19-24-15-23(38)18-45(24)3/h10-11,14,16-17,23-24H,5-9,12-13,15,18-21,41H2,1-4H3/t23-,24+,37-/m1/s1. The van der Waals surface area contributed by atoms with Crippen molar-refractivity contribution in [2.24, 2.45) is 5.73 Å². The number of carbonyl (C=O) groups excluding carboxylic acids is 1. The van der Waals surface area contributed by atoms with Crippen LogP contribution in [0.5, 0.6) is 11.8 Å². The minimum absolute atomic E-state index is 0.0379. The summed E-state index contributed by atoms with van der Waals surface area (Å²) in [6.07, 6.45) is 3.09. The van der Waals surface area contributed by atoms with Crippen molar-refractivity contribution in [3.63, 3.8) is 0 Å². The topological polar surface area (TPSA) is 125 Å². The maximum absolute atomic E-state index is 17.1. The Balaban J connectivity index is 1.49. The molecule has 2 N–H and O–H groups in total. The van der Waals surface area contributed by atoms with Crippen molar-refractivity contribution in [3.8, 4) is 23.0 Å². The number of aryl methyl sites for hydroxylation is 1. The second kappa shape index (κ2) is 15.5. The Labute approximate surface area is 295 Å². The third-order valence-electron chi connectivity index (χ3n) is 9.57. The molecule has 0 saturated carbocycles. The number of nitrogens with zero attached hydrogens (tertiary/aromatic N) is 5. The van der Waals surface area contributed by atoms with Gasteiger partial charge in [-0.1, -0.05) is 6.07 Å². The van der Waals surface area contributed by atoms with Gasteiger partial charge < -0.3 is 29.6 Å². The molecule has 6 rings (SSSR count). The van der Waals surface area contributed by atoms with Crippen LogP contribution in [0.25, 0.3) is 32.9 Å². The number of benzene rings is 2. The highest BCUT2D eigenvalue weighted by Crippen LogP contribution is 2.40. The molecule has 4 aromatic rings. The van der Waals surface area contributed by atoms with E-state index in [2.05, 4.69) is 9.97 Å². The van der Waals surface area contributed by atoms with E-state index < -0.39 is 23.3 Å². The molecule has 2 aliphatic rings. The number of aromatic nitrogens is 3. The quantitative estimate of drug-likeness (QED) is 0.135. The van der Waals surface area contributed by atoms with Crippen LogP contribution in [0.4, 0.5) is 19.0 Å². The van der Waals surface area contributed by atoms with E-state index in [-0.39, 0.29) is 67.6 Å². The summed E-state index contributed by atoms with van der Waals surface area (Å²) < 4.78 is 68.9. The number of rotatable bonds is 13. The molecule has 2 aromatic heterocycles. The number of hydrogen-bond donors (Lipinski definition) is 1. The third-order valence-corrected chi connectivity index (χ3v) is 9.57. The number of alkyl halides is 1. The highest BCUT2D eigenvalue weighted by molar-refractivity contribution is 6.02. The van der Waals surface area contributed by atoms with Crippen LogP contribution in [0, 0.1) is 11.6 Å². The average molecular weight is 711 g/mol. The predicted octanol–water partition coefficient (Wildman–Crippen LogP) is 5.73. The molecule has 0 radical (unpaired) electrons. The molecule has 0 amide bonds. The van der Waals surface area contributed by atoms with Gasteiger partial charge in [-0.25, -0.2) is 13.2 Å². The molecule has 0 bridgehead atoms. The zero-order valence-electron chi connectivity index (χ0n) is 29.5. The van der Waals surface area contributed by atoms with Crippen LogP contribution in [0.3, 0.4) is 0 Å². The minimum Gasteiger partial charge on any atom is -0.468 e. The molecule has 11 nitrogen and oxygen atoms in total. The minimum atomic E-state index is -0.961. The summed E-state index contributed by atoms with van der Waals surface area (Å²) in [6, 6.07) is 6.01. The van der Waals surface area contributed by atoms with Crippen LogP contribution in [-0.2, 0) is 20.7 Å². The summed E-state index contributed by atoms with van der Waals surface area (Å²) in [5.74, 6) is -0.846. The van der Waals surface area contributed by atoms with Crippen LogP contribution in [0.15, 0.2) is 30.5 Å². The van der Waals surface area contributed by atoms with Crippen molar-refractivity contribution in [1.29, 1.82) is 0 Å². The number of halogens is 3. The Kier molecular flexibility index (Phi) is 11.1. The van der Waals surface area contributed by atoms with Crippen LogP contribution < -0.4 is 20.1 Å². The highest BCUT2D eigenvalue weighted by Gasteiger charge is 2.32. The lowest BCUT2D eigenvalue weighted by molar-refractivity contribution is -0.143. The Morgan fingerprint density at radius 3 is 2.73 bits per heavy atom. The van der Waals surface area contributed by atoms with Crippen LogP contribution in [0.1, 0.15) is 51.5 Å². The van der Waals surface area contributed by atoms with Gasteiger partial charge in [-0.05, 0) is 87.5 Å². The summed E-state index contributed by atoms with van der Waals surface area (Å²) in [6.45, 7) is 5.39. The van der Waals surface area contributed by atoms with E-state index >= 15 is 8.78 Å². The molecule has 2 fully saturated rings. The number of esters is 1. The number of ether oxygens (including phenoxy) is 4. The van der Waals surface area contributed by atoms with Crippen LogP contribution >= 0.6 is 0 Å². The number of likely N-dealkylation sites (N-methyl/N-ethyl adjacent to an activating group) is 1. The molecular weight excluding hydrogens is 665 g/mol. The molecule has 2 aliphatic heterocycles. The van der Waals surface area contributed by atoms with E-state index in [0.29, 0.717) is 65.8 Å². The monoisotopic (exact) mass is 710 g/mol.